The highest BCUT2D eigenvalue weighted by Crippen LogP contribution is 2.38. The van der Waals surface area contributed by atoms with Gasteiger partial charge in [0.2, 0.25) is 6.41 Å². The fraction of sp³-hybridized carbons (Fsp3) is 0.296. The highest BCUT2D eigenvalue weighted by atomic mass is 35.5. The molecule has 0 atom stereocenters. The fourth-order valence-electron chi connectivity index (χ4n) is 3.72. The molecule has 40 heavy (non-hydrogen) atoms. The SMILES string of the molecule is C/C=C(\C)C#N.CC1(C)CCc2cnc3cc(Cl)nn3c21.CCl.N#Cc1cnn(-c2ncc(NC=O)cc2Cl)c1. The van der Waals surface area contributed by atoms with E-state index in [2.05, 4.69) is 50.9 Å². The lowest BCUT2D eigenvalue weighted by atomic mass is 9.91. The molecule has 4 heterocycles. The van der Waals surface area contributed by atoms with Gasteiger partial charge >= 0.3 is 0 Å². The zero-order chi connectivity index (χ0) is 29.9. The lowest BCUT2D eigenvalue weighted by molar-refractivity contribution is -0.105. The molecule has 1 N–H and O–H groups in total. The molecule has 5 rings (SSSR count). The highest BCUT2D eigenvalue weighted by molar-refractivity contribution is 6.32. The highest BCUT2D eigenvalue weighted by Gasteiger charge is 2.33. The molecule has 0 saturated heterocycles. The number of pyridine rings is 1. The monoisotopic (exact) mass is 599 g/mol. The maximum atomic E-state index is 10.2. The first-order valence-electron chi connectivity index (χ1n) is 11.9. The smallest absolute Gasteiger partial charge is 0.211 e. The third-order valence-corrected chi connectivity index (χ3v) is 6.24. The molecule has 10 nitrogen and oxygen atoms in total. The van der Waals surface area contributed by atoms with Crippen LogP contribution in [0, 0.1) is 22.7 Å². The zero-order valence-corrected chi connectivity index (χ0v) is 24.9. The molecule has 4 aromatic heterocycles. The van der Waals surface area contributed by atoms with Crippen molar-refractivity contribution in [1.82, 2.24) is 29.4 Å². The Labute approximate surface area is 247 Å². The van der Waals surface area contributed by atoms with Gasteiger partial charge in [-0.3, -0.25) is 4.79 Å². The zero-order valence-electron chi connectivity index (χ0n) is 22.7. The molecule has 0 unspecified atom stereocenters. The number of hydrogen-bond acceptors (Lipinski definition) is 7. The van der Waals surface area contributed by atoms with Crippen molar-refractivity contribution >= 4 is 52.5 Å². The van der Waals surface area contributed by atoms with Crippen molar-refractivity contribution < 1.29 is 4.79 Å². The number of nitrogens with zero attached hydrogens (tertiary/aromatic N) is 8. The quantitative estimate of drug-likeness (QED) is 0.165. The second-order valence-corrected chi connectivity index (χ2v) is 9.71. The number of fused-ring (bicyclic) bond motifs is 3. The number of aryl methyl sites for hydroxylation is 1. The van der Waals surface area contributed by atoms with Crippen molar-refractivity contribution in [2.24, 2.45) is 0 Å². The summed E-state index contributed by atoms with van der Waals surface area (Å²) in [5, 5.41) is 28.2. The van der Waals surface area contributed by atoms with Crippen molar-refractivity contribution in [3.8, 4) is 18.0 Å². The van der Waals surface area contributed by atoms with Gasteiger partial charge in [-0.05, 0) is 38.3 Å². The topological polar surface area (TPSA) is 138 Å². The van der Waals surface area contributed by atoms with E-state index in [1.54, 1.807) is 25.1 Å². The minimum absolute atomic E-state index is 0.172. The lowest BCUT2D eigenvalue weighted by Gasteiger charge is -2.19. The lowest BCUT2D eigenvalue weighted by Crippen LogP contribution is -2.17. The molecule has 1 amide bonds. The summed E-state index contributed by atoms with van der Waals surface area (Å²) in [5.41, 5.74) is 5.25. The van der Waals surface area contributed by atoms with E-state index in [1.165, 1.54) is 40.9 Å². The Morgan fingerprint density at radius 2 is 1.88 bits per heavy atom. The number of amides is 1. The predicted molar refractivity (Wildman–Crippen MR) is 157 cm³/mol. The number of hydrogen-bond donors (Lipinski definition) is 1. The summed E-state index contributed by atoms with van der Waals surface area (Å²) in [6.07, 6.45) is 12.4. The molecule has 0 saturated carbocycles. The summed E-state index contributed by atoms with van der Waals surface area (Å²) < 4.78 is 3.29. The molecular formula is C27H28Cl3N9O. The van der Waals surface area contributed by atoms with Gasteiger partial charge in [-0.15, -0.1) is 11.6 Å². The Balaban J connectivity index is 0.000000224. The molecule has 1 aliphatic rings. The van der Waals surface area contributed by atoms with E-state index in [0.29, 0.717) is 33.7 Å². The van der Waals surface area contributed by atoms with E-state index in [1.807, 2.05) is 29.8 Å². The minimum atomic E-state index is 0.172. The third kappa shape index (κ3) is 8.03. The van der Waals surface area contributed by atoms with Crippen LogP contribution in [0.25, 0.3) is 11.5 Å². The summed E-state index contributed by atoms with van der Waals surface area (Å²) >= 11 is 16.5. The normalized spacial score (nSPS) is 12.7. The number of nitrogens with one attached hydrogen (secondary N) is 1. The van der Waals surface area contributed by atoms with Crippen molar-refractivity contribution in [1.29, 1.82) is 10.5 Å². The van der Waals surface area contributed by atoms with E-state index in [0.717, 1.165) is 24.1 Å². The number of alkyl halides is 1. The van der Waals surface area contributed by atoms with Gasteiger partial charge in [0.05, 0.1) is 46.6 Å². The van der Waals surface area contributed by atoms with Crippen LogP contribution in [0.2, 0.25) is 10.2 Å². The number of nitriles is 2. The number of halogens is 3. The number of aromatic nitrogens is 6. The molecule has 0 bridgehead atoms. The standard InChI is InChI=1S/C11H12ClN3.C10H6ClN5O.C5H7N.CH3Cl/c1-11(2)4-3-7-6-13-9-5-8(12)14-15(9)10(7)11;11-9-1-8(14-6-17)4-13-10(9)16-5-7(2-12)3-15-16;1-3-5(2)4-6;1-2/h5-6H,3-4H2,1-2H3;1,3-6H,(H,14,17);3H,1-2H3;1H3/b;;5-3+;. The predicted octanol–water partition coefficient (Wildman–Crippen LogP) is 6.30. The second kappa shape index (κ2) is 15.0. The molecule has 208 valence electrons. The van der Waals surface area contributed by atoms with Crippen LogP contribution in [0.1, 0.15) is 50.9 Å². The maximum Gasteiger partial charge on any atom is 0.211 e. The average Bonchev–Trinajstić information content (AvgIpc) is 3.66. The molecule has 0 aromatic carbocycles. The van der Waals surface area contributed by atoms with Crippen LogP contribution in [-0.2, 0) is 16.6 Å². The number of anilines is 1. The van der Waals surface area contributed by atoms with Gasteiger partial charge in [0.15, 0.2) is 16.6 Å². The summed E-state index contributed by atoms with van der Waals surface area (Å²) in [4.78, 5) is 18.7. The summed E-state index contributed by atoms with van der Waals surface area (Å²) in [6, 6.07) is 7.28. The van der Waals surface area contributed by atoms with Gasteiger partial charge in [-0.1, -0.05) is 43.1 Å². The van der Waals surface area contributed by atoms with Gasteiger partial charge in [-0.2, -0.15) is 20.7 Å². The number of carbonyl (C=O) groups excluding carboxylic acids is 1. The van der Waals surface area contributed by atoms with E-state index in [9.17, 15) is 4.79 Å². The van der Waals surface area contributed by atoms with Crippen LogP contribution in [-0.4, -0.2) is 42.2 Å². The van der Waals surface area contributed by atoms with Crippen LogP contribution in [0.3, 0.4) is 0 Å². The minimum Gasteiger partial charge on any atom is -0.327 e. The van der Waals surface area contributed by atoms with Gasteiger partial charge in [0, 0.05) is 29.6 Å². The molecule has 0 fully saturated rings. The first-order valence-corrected chi connectivity index (χ1v) is 13.4. The van der Waals surface area contributed by atoms with Crippen LogP contribution in [0.5, 0.6) is 0 Å². The van der Waals surface area contributed by atoms with Crippen molar-refractivity contribution in [2.45, 2.75) is 46.0 Å². The van der Waals surface area contributed by atoms with Crippen LogP contribution in [0.4, 0.5) is 5.69 Å². The number of carbonyl (C=O) groups is 1. The van der Waals surface area contributed by atoms with E-state index < -0.39 is 0 Å². The van der Waals surface area contributed by atoms with E-state index >= 15 is 0 Å². The molecule has 0 aliphatic heterocycles. The first-order chi connectivity index (χ1) is 19.1. The van der Waals surface area contributed by atoms with Crippen molar-refractivity contribution in [3.63, 3.8) is 0 Å². The van der Waals surface area contributed by atoms with Crippen LogP contribution >= 0.6 is 34.8 Å². The van der Waals surface area contributed by atoms with Gasteiger partial charge < -0.3 is 5.32 Å². The number of allylic oxidation sites excluding steroid dienone is 2. The van der Waals surface area contributed by atoms with Crippen LogP contribution in [0.15, 0.2) is 48.6 Å². The Morgan fingerprint density at radius 1 is 1.15 bits per heavy atom. The Hall–Kier alpha value is -3.96. The molecular weight excluding hydrogens is 573 g/mol. The second-order valence-electron chi connectivity index (χ2n) is 8.91. The molecule has 4 aromatic rings. The molecule has 0 spiro atoms. The van der Waals surface area contributed by atoms with E-state index in [4.69, 9.17) is 33.7 Å². The Bertz CT molecular complexity index is 1580. The Morgan fingerprint density at radius 3 is 2.42 bits per heavy atom. The van der Waals surface area contributed by atoms with Crippen LogP contribution < -0.4 is 5.32 Å². The fourth-order valence-corrected chi connectivity index (χ4v) is 4.14. The van der Waals surface area contributed by atoms with E-state index in [-0.39, 0.29) is 5.41 Å². The summed E-state index contributed by atoms with van der Waals surface area (Å²) in [6.45, 7) is 8.11. The Kier molecular flexibility index (Phi) is 12.1. The summed E-state index contributed by atoms with van der Waals surface area (Å²) in [7, 11) is 0. The van der Waals surface area contributed by atoms with Gasteiger partial charge in [-0.25, -0.2) is 19.2 Å². The molecule has 13 heteroatoms. The van der Waals surface area contributed by atoms with Crippen molar-refractivity contribution in [3.05, 3.63) is 75.6 Å². The van der Waals surface area contributed by atoms with Gasteiger partial charge in [0.1, 0.15) is 6.07 Å². The number of rotatable bonds is 3. The first kappa shape index (κ1) is 32.3. The largest absolute Gasteiger partial charge is 0.327 e. The molecule has 0 radical (unpaired) electrons. The maximum absolute atomic E-state index is 10.2. The third-order valence-electron chi connectivity index (χ3n) is 5.78. The van der Waals surface area contributed by atoms with Gasteiger partial charge in [0.25, 0.3) is 0 Å². The van der Waals surface area contributed by atoms with Crippen molar-refractivity contribution in [2.75, 3.05) is 11.7 Å². The average molecular weight is 601 g/mol. The summed E-state index contributed by atoms with van der Waals surface area (Å²) in [5.74, 6) is 0.393. The molecule has 1 aliphatic carbocycles.